The van der Waals surface area contributed by atoms with E-state index in [2.05, 4.69) is 4.98 Å². The summed E-state index contributed by atoms with van der Waals surface area (Å²) in [5, 5.41) is 0. The Balaban J connectivity index is 1.51. The van der Waals surface area contributed by atoms with Crippen molar-refractivity contribution in [1.29, 1.82) is 0 Å². The number of primary amides is 1. The van der Waals surface area contributed by atoms with E-state index in [1.807, 2.05) is 28.0 Å². The van der Waals surface area contributed by atoms with E-state index in [4.69, 9.17) is 5.73 Å². The van der Waals surface area contributed by atoms with Gasteiger partial charge < -0.3 is 10.6 Å². The largest absolute Gasteiger partial charge is 0.369 e. The van der Waals surface area contributed by atoms with Crippen LogP contribution in [-0.4, -0.2) is 59.3 Å². The maximum absolute atomic E-state index is 12.6. The molecule has 2 saturated heterocycles. The number of amides is 2. The third kappa shape index (κ3) is 3.27. The quantitative estimate of drug-likeness (QED) is 0.862. The monoisotopic (exact) mass is 302 g/mol. The van der Waals surface area contributed by atoms with Gasteiger partial charge in [0.05, 0.1) is 12.5 Å². The SMILES string of the molecule is NC(=O)CN1CCCC(C(=O)N2CC(c3ccccn3)C2)C1. The van der Waals surface area contributed by atoms with Crippen LogP contribution in [0.2, 0.25) is 0 Å². The van der Waals surface area contributed by atoms with Crippen LogP contribution in [0, 0.1) is 5.92 Å². The molecule has 0 spiro atoms. The molecule has 6 nitrogen and oxygen atoms in total. The molecule has 3 rings (SSSR count). The molecule has 1 aromatic rings. The number of piperidine rings is 1. The summed E-state index contributed by atoms with van der Waals surface area (Å²) >= 11 is 0. The molecule has 22 heavy (non-hydrogen) atoms. The molecule has 0 radical (unpaired) electrons. The van der Waals surface area contributed by atoms with Crippen LogP contribution >= 0.6 is 0 Å². The summed E-state index contributed by atoms with van der Waals surface area (Å²) in [4.78, 5) is 31.8. The van der Waals surface area contributed by atoms with Gasteiger partial charge >= 0.3 is 0 Å². The number of nitrogens with zero attached hydrogens (tertiary/aromatic N) is 3. The van der Waals surface area contributed by atoms with Crippen molar-refractivity contribution in [2.45, 2.75) is 18.8 Å². The molecule has 0 aromatic carbocycles. The van der Waals surface area contributed by atoms with Gasteiger partial charge in [-0.25, -0.2) is 0 Å². The van der Waals surface area contributed by atoms with Crippen LogP contribution in [0.3, 0.4) is 0 Å². The van der Waals surface area contributed by atoms with Gasteiger partial charge in [-0.15, -0.1) is 0 Å². The number of hydrogen-bond donors (Lipinski definition) is 1. The molecule has 2 N–H and O–H groups in total. The van der Waals surface area contributed by atoms with Gasteiger partial charge in [0.15, 0.2) is 0 Å². The summed E-state index contributed by atoms with van der Waals surface area (Å²) in [5.74, 6) is 0.238. The van der Waals surface area contributed by atoms with Crippen LogP contribution in [0.25, 0.3) is 0 Å². The van der Waals surface area contributed by atoms with Gasteiger partial charge in [0.25, 0.3) is 0 Å². The molecule has 3 heterocycles. The number of nitrogens with two attached hydrogens (primary N) is 1. The Labute approximate surface area is 130 Å². The Morgan fingerprint density at radius 2 is 2.09 bits per heavy atom. The molecule has 2 amide bonds. The Morgan fingerprint density at radius 3 is 2.77 bits per heavy atom. The zero-order valence-corrected chi connectivity index (χ0v) is 12.6. The van der Waals surface area contributed by atoms with Crippen molar-refractivity contribution in [3.63, 3.8) is 0 Å². The first-order valence-electron chi connectivity index (χ1n) is 7.84. The number of hydrogen-bond acceptors (Lipinski definition) is 4. The minimum absolute atomic E-state index is 0.00205. The Kier molecular flexibility index (Phi) is 4.38. The molecule has 0 bridgehead atoms. The van der Waals surface area contributed by atoms with Crippen molar-refractivity contribution in [3.8, 4) is 0 Å². The molecule has 2 fully saturated rings. The summed E-state index contributed by atoms with van der Waals surface area (Å²) in [6.45, 7) is 3.25. The second kappa shape index (κ2) is 6.44. The summed E-state index contributed by atoms with van der Waals surface area (Å²) in [7, 11) is 0. The van der Waals surface area contributed by atoms with Crippen molar-refractivity contribution in [2.24, 2.45) is 11.7 Å². The number of pyridine rings is 1. The fraction of sp³-hybridized carbons (Fsp3) is 0.562. The summed E-state index contributed by atoms with van der Waals surface area (Å²) in [5.41, 5.74) is 6.30. The van der Waals surface area contributed by atoms with Gasteiger partial charge in [-0.05, 0) is 31.5 Å². The summed E-state index contributed by atoms with van der Waals surface area (Å²) in [6, 6.07) is 5.90. The summed E-state index contributed by atoms with van der Waals surface area (Å²) < 4.78 is 0. The number of carbonyl (C=O) groups excluding carboxylic acids is 2. The fourth-order valence-electron chi connectivity index (χ4n) is 3.34. The van der Waals surface area contributed by atoms with Crippen LogP contribution in [0.4, 0.5) is 0 Å². The molecule has 0 aliphatic carbocycles. The topological polar surface area (TPSA) is 79.5 Å². The van der Waals surface area contributed by atoms with E-state index in [-0.39, 0.29) is 24.3 Å². The van der Waals surface area contributed by atoms with Crippen LogP contribution in [0.5, 0.6) is 0 Å². The third-order valence-electron chi connectivity index (χ3n) is 4.53. The van der Waals surface area contributed by atoms with Crippen molar-refractivity contribution in [1.82, 2.24) is 14.8 Å². The first-order valence-corrected chi connectivity index (χ1v) is 7.84. The highest BCUT2D eigenvalue weighted by atomic mass is 16.2. The van der Waals surface area contributed by atoms with E-state index in [0.29, 0.717) is 12.5 Å². The summed E-state index contributed by atoms with van der Waals surface area (Å²) in [6.07, 6.45) is 3.64. The molecule has 2 aliphatic rings. The average molecular weight is 302 g/mol. The van der Waals surface area contributed by atoms with Gasteiger partial charge in [0.1, 0.15) is 0 Å². The van der Waals surface area contributed by atoms with Crippen LogP contribution in [-0.2, 0) is 9.59 Å². The Hall–Kier alpha value is -1.95. The van der Waals surface area contributed by atoms with E-state index >= 15 is 0 Å². The molecule has 2 aliphatic heterocycles. The zero-order valence-electron chi connectivity index (χ0n) is 12.6. The van der Waals surface area contributed by atoms with E-state index in [1.54, 1.807) is 6.20 Å². The lowest BCUT2D eigenvalue weighted by Gasteiger charge is -2.42. The maximum atomic E-state index is 12.6. The van der Waals surface area contributed by atoms with Crippen molar-refractivity contribution >= 4 is 11.8 Å². The fourth-order valence-corrected chi connectivity index (χ4v) is 3.34. The number of likely N-dealkylation sites (tertiary alicyclic amines) is 2. The highest BCUT2D eigenvalue weighted by molar-refractivity contribution is 5.80. The molecule has 6 heteroatoms. The number of aromatic nitrogens is 1. The van der Waals surface area contributed by atoms with E-state index in [1.165, 1.54) is 0 Å². The van der Waals surface area contributed by atoms with E-state index < -0.39 is 0 Å². The van der Waals surface area contributed by atoms with Crippen molar-refractivity contribution in [2.75, 3.05) is 32.7 Å². The smallest absolute Gasteiger partial charge is 0.231 e. The standard InChI is InChI=1S/C16H22N4O2/c17-15(21)11-19-7-3-4-12(8-19)16(22)20-9-13(10-20)14-5-1-2-6-18-14/h1-2,5-6,12-13H,3-4,7-11H2,(H2,17,21). The lowest BCUT2D eigenvalue weighted by atomic mass is 9.90. The third-order valence-corrected chi connectivity index (χ3v) is 4.53. The molecule has 1 atom stereocenters. The second-order valence-corrected chi connectivity index (χ2v) is 6.24. The van der Waals surface area contributed by atoms with Crippen LogP contribution in [0.1, 0.15) is 24.5 Å². The first-order chi connectivity index (χ1) is 10.6. The van der Waals surface area contributed by atoms with E-state index in [0.717, 1.165) is 38.2 Å². The molecular formula is C16H22N4O2. The molecular weight excluding hydrogens is 280 g/mol. The normalized spacial score (nSPS) is 23.1. The van der Waals surface area contributed by atoms with Gasteiger partial charge in [0.2, 0.25) is 11.8 Å². The number of rotatable bonds is 4. The maximum Gasteiger partial charge on any atom is 0.231 e. The first kappa shape index (κ1) is 15.0. The highest BCUT2D eigenvalue weighted by Crippen LogP contribution is 2.28. The average Bonchev–Trinajstić information content (AvgIpc) is 2.46. The Morgan fingerprint density at radius 1 is 1.27 bits per heavy atom. The predicted octanol–water partition coefficient (Wildman–Crippen LogP) is 0.205. The predicted molar refractivity (Wildman–Crippen MR) is 81.9 cm³/mol. The Bertz CT molecular complexity index is 542. The lowest BCUT2D eigenvalue weighted by Crippen LogP contribution is -2.54. The minimum atomic E-state index is -0.327. The molecule has 0 saturated carbocycles. The second-order valence-electron chi connectivity index (χ2n) is 6.24. The van der Waals surface area contributed by atoms with E-state index in [9.17, 15) is 9.59 Å². The minimum Gasteiger partial charge on any atom is -0.369 e. The zero-order chi connectivity index (χ0) is 15.5. The van der Waals surface area contributed by atoms with Crippen LogP contribution in [0.15, 0.2) is 24.4 Å². The molecule has 1 unspecified atom stereocenters. The van der Waals surface area contributed by atoms with Gasteiger partial charge in [0, 0.05) is 37.4 Å². The van der Waals surface area contributed by atoms with Crippen molar-refractivity contribution < 1.29 is 9.59 Å². The molecule has 1 aromatic heterocycles. The van der Waals surface area contributed by atoms with Crippen molar-refractivity contribution in [3.05, 3.63) is 30.1 Å². The lowest BCUT2D eigenvalue weighted by molar-refractivity contribution is -0.142. The highest BCUT2D eigenvalue weighted by Gasteiger charge is 2.37. The molecule has 118 valence electrons. The van der Waals surface area contributed by atoms with Gasteiger partial charge in [-0.3, -0.25) is 19.5 Å². The van der Waals surface area contributed by atoms with Gasteiger partial charge in [-0.2, -0.15) is 0 Å². The van der Waals surface area contributed by atoms with Crippen LogP contribution < -0.4 is 5.73 Å². The van der Waals surface area contributed by atoms with Gasteiger partial charge in [-0.1, -0.05) is 6.07 Å². The number of carbonyl (C=O) groups is 2.